The average molecular weight is 443 g/mol. The Balaban J connectivity index is 1.71. The van der Waals surface area contributed by atoms with Crippen LogP contribution in [0.3, 0.4) is 0 Å². The fourth-order valence-electron chi connectivity index (χ4n) is 2.74. The van der Waals surface area contributed by atoms with Gasteiger partial charge in [-0.15, -0.1) is 0 Å². The first kappa shape index (κ1) is 21.7. The fraction of sp³-hybridized carbons (Fsp3) is 0.130. The third-order valence-electron chi connectivity index (χ3n) is 4.35. The minimum absolute atomic E-state index is 0.367. The molecule has 5 nitrogen and oxygen atoms in total. The molecule has 0 bridgehead atoms. The molecule has 3 rings (SSSR count). The molecule has 0 atom stereocenters. The molecule has 0 aliphatic rings. The van der Waals surface area contributed by atoms with Crippen LogP contribution in [0.4, 0.5) is 0 Å². The molecule has 30 heavy (non-hydrogen) atoms. The number of methoxy groups -OCH3 is 1. The number of ether oxygens (including phenoxy) is 2. The second-order valence-electron chi connectivity index (χ2n) is 6.46. The fourth-order valence-corrected chi connectivity index (χ4v) is 3.20. The lowest BCUT2D eigenvalue weighted by atomic mass is 10.1. The van der Waals surface area contributed by atoms with E-state index in [0.29, 0.717) is 39.3 Å². The van der Waals surface area contributed by atoms with E-state index in [1.807, 2.05) is 31.2 Å². The Hall–Kier alpha value is -3.02. The zero-order valence-electron chi connectivity index (χ0n) is 16.5. The van der Waals surface area contributed by atoms with Gasteiger partial charge in [0.25, 0.3) is 5.91 Å². The minimum Gasteiger partial charge on any atom is -0.493 e. The number of carbonyl (C=O) groups excluding carboxylic acids is 1. The Morgan fingerprint density at radius 3 is 2.63 bits per heavy atom. The van der Waals surface area contributed by atoms with Crippen molar-refractivity contribution in [3.05, 3.63) is 93.0 Å². The van der Waals surface area contributed by atoms with Crippen molar-refractivity contribution in [1.29, 1.82) is 0 Å². The summed E-state index contributed by atoms with van der Waals surface area (Å²) < 4.78 is 11.3. The van der Waals surface area contributed by atoms with Crippen LogP contribution in [0.1, 0.15) is 27.0 Å². The molecule has 154 valence electrons. The molecule has 0 heterocycles. The zero-order chi connectivity index (χ0) is 21.5. The molecule has 1 amide bonds. The highest BCUT2D eigenvalue weighted by atomic mass is 35.5. The van der Waals surface area contributed by atoms with Crippen LogP contribution in [-0.2, 0) is 6.61 Å². The summed E-state index contributed by atoms with van der Waals surface area (Å²) in [4.78, 5) is 12.1. The van der Waals surface area contributed by atoms with Crippen LogP contribution in [0.15, 0.2) is 65.8 Å². The Bertz CT molecular complexity index is 1080. The highest BCUT2D eigenvalue weighted by Gasteiger charge is 2.12. The molecule has 0 spiro atoms. The summed E-state index contributed by atoms with van der Waals surface area (Å²) >= 11 is 12.3. The summed E-state index contributed by atoms with van der Waals surface area (Å²) in [5, 5.41) is 4.83. The number of amides is 1. The number of carbonyl (C=O) groups is 1. The topological polar surface area (TPSA) is 59.9 Å². The van der Waals surface area contributed by atoms with E-state index >= 15 is 0 Å². The molecular formula is C23H20Cl2N2O3. The number of benzene rings is 3. The van der Waals surface area contributed by atoms with Gasteiger partial charge in [-0.2, -0.15) is 5.10 Å². The van der Waals surface area contributed by atoms with Crippen molar-refractivity contribution < 1.29 is 14.3 Å². The van der Waals surface area contributed by atoms with Crippen LogP contribution in [0.5, 0.6) is 11.5 Å². The van der Waals surface area contributed by atoms with Crippen molar-refractivity contribution in [3.63, 3.8) is 0 Å². The SMILES string of the molecule is COc1cc(/C=N\NC(=O)c2cccc(Cl)c2)cc(Cl)c1OCc1ccccc1C. The van der Waals surface area contributed by atoms with Crippen LogP contribution in [0.25, 0.3) is 0 Å². The first-order valence-corrected chi connectivity index (χ1v) is 9.87. The standard InChI is InChI=1S/C23H20Cl2N2O3/c1-15-6-3-4-7-18(15)14-30-22-20(25)10-16(11-21(22)29-2)13-26-27-23(28)17-8-5-9-19(24)12-17/h3-13H,14H2,1-2H3,(H,27,28)/b26-13-. The molecule has 7 heteroatoms. The van der Waals surface area contributed by atoms with Crippen molar-refractivity contribution in [2.24, 2.45) is 5.10 Å². The van der Waals surface area contributed by atoms with Gasteiger partial charge in [0.05, 0.1) is 18.3 Å². The van der Waals surface area contributed by atoms with Gasteiger partial charge in [-0.25, -0.2) is 5.43 Å². The second kappa shape index (κ2) is 10.1. The molecule has 0 saturated heterocycles. The first-order chi connectivity index (χ1) is 14.5. The third-order valence-corrected chi connectivity index (χ3v) is 4.87. The second-order valence-corrected chi connectivity index (χ2v) is 7.30. The molecule has 0 unspecified atom stereocenters. The Kier molecular flexibility index (Phi) is 7.33. The number of halogens is 2. The minimum atomic E-state index is -0.370. The van der Waals surface area contributed by atoms with Gasteiger partial charge in [0.2, 0.25) is 0 Å². The van der Waals surface area contributed by atoms with Crippen LogP contribution in [0.2, 0.25) is 10.0 Å². The number of nitrogens with zero attached hydrogens (tertiary/aromatic N) is 1. The van der Waals surface area contributed by atoms with Gasteiger partial charge in [0.1, 0.15) is 6.61 Å². The van der Waals surface area contributed by atoms with Crippen LogP contribution in [-0.4, -0.2) is 19.2 Å². The van der Waals surface area contributed by atoms with Crippen molar-refractivity contribution in [2.75, 3.05) is 7.11 Å². The van der Waals surface area contributed by atoms with Gasteiger partial charge < -0.3 is 9.47 Å². The molecule has 0 aliphatic carbocycles. The molecular weight excluding hydrogens is 423 g/mol. The Labute approximate surface area is 185 Å². The van der Waals surface area contributed by atoms with E-state index in [4.69, 9.17) is 32.7 Å². The monoisotopic (exact) mass is 442 g/mol. The van der Waals surface area contributed by atoms with Crippen molar-refractivity contribution in [1.82, 2.24) is 5.43 Å². The Morgan fingerprint density at radius 1 is 1.10 bits per heavy atom. The lowest BCUT2D eigenvalue weighted by Crippen LogP contribution is -2.17. The molecule has 3 aromatic carbocycles. The maximum absolute atomic E-state index is 12.1. The van der Waals surface area contributed by atoms with E-state index in [9.17, 15) is 4.79 Å². The molecule has 0 fully saturated rings. The van der Waals surface area contributed by atoms with Gasteiger partial charge in [-0.1, -0.05) is 53.5 Å². The molecule has 1 N–H and O–H groups in total. The molecule has 0 radical (unpaired) electrons. The van der Waals surface area contributed by atoms with Gasteiger partial charge in [-0.3, -0.25) is 4.79 Å². The van der Waals surface area contributed by atoms with Gasteiger partial charge in [0.15, 0.2) is 11.5 Å². The van der Waals surface area contributed by atoms with Crippen molar-refractivity contribution in [3.8, 4) is 11.5 Å². The van der Waals surface area contributed by atoms with Crippen LogP contribution in [0, 0.1) is 6.92 Å². The first-order valence-electron chi connectivity index (χ1n) is 9.11. The lowest BCUT2D eigenvalue weighted by molar-refractivity contribution is 0.0955. The van der Waals surface area contributed by atoms with Crippen LogP contribution >= 0.6 is 23.2 Å². The molecule has 0 aliphatic heterocycles. The lowest BCUT2D eigenvalue weighted by Gasteiger charge is -2.14. The number of aryl methyl sites for hydroxylation is 1. The summed E-state index contributed by atoms with van der Waals surface area (Å²) in [6.45, 7) is 2.39. The normalized spacial score (nSPS) is 10.8. The maximum atomic E-state index is 12.1. The predicted molar refractivity (Wildman–Crippen MR) is 120 cm³/mol. The quantitative estimate of drug-likeness (QED) is 0.379. The van der Waals surface area contributed by atoms with E-state index < -0.39 is 0 Å². The van der Waals surface area contributed by atoms with E-state index in [1.165, 1.54) is 13.3 Å². The van der Waals surface area contributed by atoms with Gasteiger partial charge in [0, 0.05) is 10.6 Å². The zero-order valence-corrected chi connectivity index (χ0v) is 18.0. The van der Waals surface area contributed by atoms with Gasteiger partial charge in [-0.05, 0) is 53.9 Å². The largest absolute Gasteiger partial charge is 0.493 e. The number of hydrogen-bond acceptors (Lipinski definition) is 4. The maximum Gasteiger partial charge on any atom is 0.271 e. The number of hydrazone groups is 1. The number of rotatable bonds is 7. The number of hydrogen-bond donors (Lipinski definition) is 1. The highest BCUT2D eigenvalue weighted by molar-refractivity contribution is 6.32. The Morgan fingerprint density at radius 2 is 1.90 bits per heavy atom. The summed E-state index contributed by atoms with van der Waals surface area (Å²) in [6.07, 6.45) is 1.47. The van der Waals surface area contributed by atoms with Crippen molar-refractivity contribution in [2.45, 2.75) is 13.5 Å². The number of nitrogens with one attached hydrogen (secondary N) is 1. The summed E-state index contributed by atoms with van der Waals surface area (Å²) in [7, 11) is 1.54. The van der Waals surface area contributed by atoms with Gasteiger partial charge >= 0.3 is 0 Å². The summed E-state index contributed by atoms with van der Waals surface area (Å²) in [6, 6.07) is 18.0. The van der Waals surface area contributed by atoms with E-state index in [-0.39, 0.29) is 5.91 Å². The molecule has 0 aromatic heterocycles. The van der Waals surface area contributed by atoms with E-state index in [1.54, 1.807) is 36.4 Å². The van der Waals surface area contributed by atoms with Crippen LogP contribution < -0.4 is 14.9 Å². The predicted octanol–water partition coefficient (Wildman–Crippen LogP) is 5.65. The smallest absolute Gasteiger partial charge is 0.271 e. The van der Waals surface area contributed by atoms with E-state index in [2.05, 4.69) is 10.5 Å². The third kappa shape index (κ3) is 5.53. The molecule has 0 saturated carbocycles. The summed E-state index contributed by atoms with van der Waals surface area (Å²) in [5.74, 6) is 0.547. The average Bonchev–Trinajstić information content (AvgIpc) is 2.73. The van der Waals surface area contributed by atoms with E-state index in [0.717, 1.165) is 11.1 Å². The van der Waals surface area contributed by atoms with Crippen molar-refractivity contribution >= 4 is 35.3 Å². The molecule has 3 aromatic rings. The summed E-state index contributed by atoms with van der Waals surface area (Å²) in [5.41, 5.74) is 5.70. The highest BCUT2D eigenvalue weighted by Crippen LogP contribution is 2.36.